The molecule has 0 fully saturated rings. The van der Waals surface area contributed by atoms with E-state index in [0.717, 1.165) is 18.3 Å². The molecule has 86 valence electrons. The average Bonchev–Trinajstić information content (AvgIpc) is 2.16. The monoisotopic (exact) mass is 265 g/mol. The van der Waals surface area contributed by atoms with Gasteiger partial charge in [0, 0.05) is 18.5 Å². The van der Waals surface area contributed by atoms with Gasteiger partial charge in [-0.2, -0.15) is 0 Å². The van der Waals surface area contributed by atoms with Crippen molar-refractivity contribution in [2.75, 3.05) is 19.0 Å². The zero-order chi connectivity index (χ0) is 11.0. The summed E-state index contributed by atoms with van der Waals surface area (Å²) in [5, 5.41) is 4.63. The van der Waals surface area contributed by atoms with Crippen LogP contribution in [0.2, 0.25) is 0 Å². The van der Waals surface area contributed by atoms with Crippen LogP contribution in [0, 0.1) is 0 Å². The fourth-order valence-electron chi connectivity index (χ4n) is 1.26. The summed E-state index contributed by atoms with van der Waals surface area (Å²) < 4.78 is 5.36. The van der Waals surface area contributed by atoms with Crippen LogP contribution in [0.15, 0.2) is 0 Å². The average molecular weight is 266 g/mol. The van der Waals surface area contributed by atoms with Crippen LogP contribution in [0.3, 0.4) is 0 Å². The van der Waals surface area contributed by atoms with E-state index < -0.39 is 0 Å². The summed E-state index contributed by atoms with van der Waals surface area (Å²) in [6.45, 7) is 7.51. The summed E-state index contributed by atoms with van der Waals surface area (Å²) in [7, 11) is 1.77. The molecule has 0 aromatic rings. The fourth-order valence-corrected chi connectivity index (χ4v) is 1.81. The summed E-state index contributed by atoms with van der Waals surface area (Å²) in [6.07, 6.45) is 3.45. The highest BCUT2D eigenvalue weighted by molar-refractivity contribution is 9.09. The van der Waals surface area contributed by atoms with E-state index in [1.54, 1.807) is 7.11 Å². The van der Waals surface area contributed by atoms with Gasteiger partial charge < -0.3 is 10.1 Å². The molecule has 1 N–H and O–H groups in total. The first-order valence-electron chi connectivity index (χ1n) is 5.40. The van der Waals surface area contributed by atoms with Crippen molar-refractivity contribution in [2.45, 2.75) is 51.7 Å². The highest BCUT2D eigenvalue weighted by Crippen LogP contribution is 2.12. The number of ether oxygens (including phenoxy) is 1. The van der Waals surface area contributed by atoms with Gasteiger partial charge in [-0.1, -0.05) is 22.9 Å². The molecule has 0 heterocycles. The van der Waals surface area contributed by atoms with Crippen LogP contribution in [0.25, 0.3) is 0 Å². The summed E-state index contributed by atoms with van der Waals surface area (Å²) in [5.41, 5.74) is -0.000304. The van der Waals surface area contributed by atoms with E-state index in [1.165, 1.54) is 12.8 Å². The highest BCUT2D eigenvalue weighted by Gasteiger charge is 2.16. The lowest BCUT2D eigenvalue weighted by Gasteiger charge is -2.24. The molecule has 3 heteroatoms. The molecule has 0 aliphatic rings. The minimum Gasteiger partial charge on any atom is -0.379 e. The van der Waals surface area contributed by atoms with Crippen molar-refractivity contribution in [1.82, 2.24) is 5.32 Å². The van der Waals surface area contributed by atoms with Crippen LogP contribution < -0.4 is 5.32 Å². The molecule has 1 unspecified atom stereocenters. The van der Waals surface area contributed by atoms with E-state index in [-0.39, 0.29) is 5.60 Å². The van der Waals surface area contributed by atoms with Gasteiger partial charge >= 0.3 is 0 Å². The lowest BCUT2D eigenvalue weighted by atomic mass is 10.0. The fraction of sp³-hybridized carbons (Fsp3) is 1.00. The number of nitrogens with one attached hydrogen (secondary N) is 1. The standard InChI is InChI=1S/C11H24BrNO/c1-5-10(6-8-12)13-9-7-11(2,3)14-4/h10,13H,5-9H2,1-4H3. The Kier molecular flexibility index (Phi) is 7.88. The molecule has 1 atom stereocenters. The maximum absolute atomic E-state index is 5.36. The van der Waals surface area contributed by atoms with Gasteiger partial charge in [-0.3, -0.25) is 0 Å². The SMILES string of the molecule is CCC(CCBr)NCCC(C)(C)OC. The second-order valence-corrected chi connectivity index (χ2v) is 5.04. The Balaban J connectivity index is 3.60. The van der Waals surface area contributed by atoms with Gasteiger partial charge in [-0.05, 0) is 39.7 Å². The number of hydrogen-bond donors (Lipinski definition) is 1. The number of alkyl halides is 1. The molecule has 14 heavy (non-hydrogen) atoms. The van der Waals surface area contributed by atoms with Gasteiger partial charge in [0.15, 0.2) is 0 Å². The molecule has 0 radical (unpaired) electrons. The van der Waals surface area contributed by atoms with Crippen LogP contribution in [-0.2, 0) is 4.74 Å². The lowest BCUT2D eigenvalue weighted by Crippen LogP contribution is -2.34. The first-order valence-corrected chi connectivity index (χ1v) is 6.52. The summed E-state index contributed by atoms with van der Waals surface area (Å²) in [6, 6.07) is 0.641. The van der Waals surface area contributed by atoms with E-state index in [2.05, 4.69) is 42.0 Å². The van der Waals surface area contributed by atoms with E-state index >= 15 is 0 Å². The van der Waals surface area contributed by atoms with Crippen molar-refractivity contribution in [3.63, 3.8) is 0 Å². The van der Waals surface area contributed by atoms with Crippen LogP contribution >= 0.6 is 15.9 Å². The van der Waals surface area contributed by atoms with Crippen molar-refractivity contribution in [2.24, 2.45) is 0 Å². The van der Waals surface area contributed by atoms with Gasteiger partial charge in [0.25, 0.3) is 0 Å². The molecule has 0 amide bonds. The van der Waals surface area contributed by atoms with Crippen molar-refractivity contribution < 1.29 is 4.74 Å². The molecule has 0 bridgehead atoms. The van der Waals surface area contributed by atoms with Crippen LogP contribution in [0.5, 0.6) is 0 Å². The van der Waals surface area contributed by atoms with E-state index in [0.29, 0.717) is 6.04 Å². The smallest absolute Gasteiger partial charge is 0.0634 e. The van der Waals surface area contributed by atoms with Crippen molar-refractivity contribution in [1.29, 1.82) is 0 Å². The van der Waals surface area contributed by atoms with Crippen molar-refractivity contribution >= 4 is 15.9 Å². The molecule has 2 nitrogen and oxygen atoms in total. The second kappa shape index (κ2) is 7.66. The summed E-state index contributed by atoms with van der Waals surface area (Å²) >= 11 is 3.47. The third-order valence-corrected chi connectivity index (χ3v) is 3.12. The third kappa shape index (κ3) is 6.80. The predicted octanol–water partition coefficient (Wildman–Crippen LogP) is 2.95. The Hall–Kier alpha value is 0.400. The lowest BCUT2D eigenvalue weighted by molar-refractivity contribution is 0.0153. The molecule has 0 saturated carbocycles. The Morgan fingerprint density at radius 2 is 2.07 bits per heavy atom. The molecular formula is C11H24BrNO. The molecule has 0 aliphatic heterocycles. The largest absolute Gasteiger partial charge is 0.379 e. The second-order valence-electron chi connectivity index (χ2n) is 4.25. The maximum atomic E-state index is 5.36. The quantitative estimate of drug-likeness (QED) is 0.682. The Morgan fingerprint density at radius 3 is 2.50 bits per heavy atom. The Bertz CT molecular complexity index is 139. The highest BCUT2D eigenvalue weighted by atomic mass is 79.9. The maximum Gasteiger partial charge on any atom is 0.0634 e. The normalized spacial score (nSPS) is 14.4. The third-order valence-electron chi connectivity index (χ3n) is 2.66. The number of halogens is 1. The number of hydrogen-bond acceptors (Lipinski definition) is 2. The Labute approximate surface area is 96.9 Å². The minimum atomic E-state index is -0.000304. The van der Waals surface area contributed by atoms with Crippen molar-refractivity contribution in [3.05, 3.63) is 0 Å². The van der Waals surface area contributed by atoms with Gasteiger partial charge in [0.05, 0.1) is 5.60 Å². The summed E-state index contributed by atoms with van der Waals surface area (Å²) in [5.74, 6) is 0. The van der Waals surface area contributed by atoms with Crippen LogP contribution in [0.1, 0.15) is 40.0 Å². The molecule has 0 aromatic heterocycles. The predicted molar refractivity (Wildman–Crippen MR) is 66.2 cm³/mol. The van der Waals surface area contributed by atoms with Gasteiger partial charge in [0.2, 0.25) is 0 Å². The first-order chi connectivity index (χ1) is 6.55. The molecular weight excluding hydrogens is 242 g/mol. The van der Waals surface area contributed by atoms with Crippen LogP contribution in [-0.4, -0.2) is 30.6 Å². The molecule has 0 aliphatic carbocycles. The van der Waals surface area contributed by atoms with E-state index in [4.69, 9.17) is 4.74 Å². The number of rotatable bonds is 8. The topological polar surface area (TPSA) is 21.3 Å². The first kappa shape index (κ1) is 14.4. The Morgan fingerprint density at radius 1 is 1.43 bits per heavy atom. The molecule has 0 saturated heterocycles. The zero-order valence-electron chi connectivity index (χ0n) is 9.90. The molecule has 0 aromatic carbocycles. The minimum absolute atomic E-state index is 0.000304. The van der Waals surface area contributed by atoms with Gasteiger partial charge in [-0.15, -0.1) is 0 Å². The van der Waals surface area contributed by atoms with Crippen LogP contribution in [0.4, 0.5) is 0 Å². The van der Waals surface area contributed by atoms with Gasteiger partial charge in [-0.25, -0.2) is 0 Å². The van der Waals surface area contributed by atoms with Crippen molar-refractivity contribution in [3.8, 4) is 0 Å². The zero-order valence-corrected chi connectivity index (χ0v) is 11.5. The van der Waals surface area contributed by atoms with Gasteiger partial charge in [0.1, 0.15) is 0 Å². The molecule has 0 spiro atoms. The summed E-state index contributed by atoms with van der Waals surface area (Å²) in [4.78, 5) is 0. The molecule has 0 rings (SSSR count). The van der Waals surface area contributed by atoms with E-state index in [1.807, 2.05) is 0 Å². The number of methoxy groups -OCH3 is 1. The van der Waals surface area contributed by atoms with E-state index in [9.17, 15) is 0 Å².